The van der Waals surface area contributed by atoms with Crippen molar-refractivity contribution in [2.75, 3.05) is 12.3 Å². The first-order valence-electron chi connectivity index (χ1n) is 6.70. The van der Waals surface area contributed by atoms with E-state index in [1.54, 1.807) is 0 Å². The molecule has 0 aliphatic heterocycles. The summed E-state index contributed by atoms with van der Waals surface area (Å²) in [4.78, 5) is 4.09. The number of rotatable bonds is 7. The molecule has 21 heavy (non-hydrogen) atoms. The van der Waals surface area contributed by atoms with Gasteiger partial charge in [0.25, 0.3) is 0 Å². The van der Waals surface area contributed by atoms with Crippen molar-refractivity contribution in [3.05, 3.63) is 35.9 Å². The highest BCUT2D eigenvalue weighted by Crippen LogP contribution is 2.07. The lowest BCUT2D eigenvalue weighted by atomic mass is 10.2. The molecule has 0 unspecified atom stereocenters. The summed E-state index contributed by atoms with van der Waals surface area (Å²) in [5.41, 5.74) is 6.45. The summed E-state index contributed by atoms with van der Waals surface area (Å²) < 4.78 is 23.9. The van der Waals surface area contributed by atoms with Crippen molar-refractivity contribution in [3.63, 3.8) is 0 Å². The molecule has 1 aromatic carbocycles. The maximum absolute atomic E-state index is 11.9. The minimum absolute atomic E-state index is 0. The molecular weight excluding hydrogens is 401 g/mol. The van der Waals surface area contributed by atoms with Crippen molar-refractivity contribution in [2.45, 2.75) is 32.1 Å². The van der Waals surface area contributed by atoms with Crippen LogP contribution < -0.4 is 11.1 Å². The monoisotopic (exact) mass is 425 g/mol. The fraction of sp³-hybridized carbons (Fsp3) is 0.500. The number of guanidine groups is 1. The molecule has 0 spiro atoms. The molecule has 1 aromatic rings. The highest BCUT2D eigenvalue weighted by Gasteiger charge is 2.11. The highest BCUT2D eigenvalue weighted by molar-refractivity contribution is 14.0. The Bertz CT molecular complexity index is 530. The number of sulfone groups is 1. The van der Waals surface area contributed by atoms with E-state index < -0.39 is 9.84 Å². The average molecular weight is 425 g/mol. The summed E-state index contributed by atoms with van der Waals surface area (Å²) in [5.74, 6) is 0.568. The van der Waals surface area contributed by atoms with Crippen LogP contribution in [-0.2, 0) is 15.6 Å². The lowest BCUT2D eigenvalue weighted by Gasteiger charge is -2.08. The van der Waals surface area contributed by atoms with E-state index in [4.69, 9.17) is 5.73 Å². The van der Waals surface area contributed by atoms with E-state index in [1.807, 2.05) is 44.2 Å². The zero-order valence-electron chi connectivity index (χ0n) is 12.5. The number of nitrogens with one attached hydrogen (secondary N) is 1. The van der Waals surface area contributed by atoms with Gasteiger partial charge in [-0.15, -0.1) is 24.0 Å². The van der Waals surface area contributed by atoms with Gasteiger partial charge in [-0.3, -0.25) is 4.99 Å². The fourth-order valence-electron chi connectivity index (χ4n) is 1.73. The predicted octanol–water partition coefficient (Wildman–Crippen LogP) is 1.92. The third kappa shape index (κ3) is 9.67. The van der Waals surface area contributed by atoms with Crippen molar-refractivity contribution >= 4 is 39.8 Å². The van der Waals surface area contributed by atoms with Crippen LogP contribution in [0.3, 0.4) is 0 Å². The smallest absolute Gasteiger partial charge is 0.188 e. The van der Waals surface area contributed by atoms with Crippen molar-refractivity contribution in [2.24, 2.45) is 10.7 Å². The highest BCUT2D eigenvalue weighted by atomic mass is 127. The van der Waals surface area contributed by atoms with Gasteiger partial charge in [0.1, 0.15) is 0 Å². The van der Waals surface area contributed by atoms with Gasteiger partial charge in [-0.2, -0.15) is 0 Å². The largest absolute Gasteiger partial charge is 0.370 e. The molecule has 7 heteroatoms. The molecule has 0 aliphatic carbocycles. The van der Waals surface area contributed by atoms with Gasteiger partial charge in [0.05, 0.1) is 11.5 Å². The Morgan fingerprint density at radius 3 is 2.48 bits per heavy atom. The number of benzene rings is 1. The van der Waals surface area contributed by atoms with Gasteiger partial charge in [0.15, 0.2) is 15.8 Å². The molecular formula is C14H24IN3O2S. The molecule has 5 nitrogen and oxygen atoms in total. The molecule has 0 heterocycles. The minimum atomic E-state index is -3.09. The van der Waals surface area contributed by atoms with E-state index in [2.05, 4.69) is 10.3 Å². The van der Waals surface area contributed by atoms with Gasteiger partial charge in [0, 0.05) is 12.6 Å². The maximum atomic E-state index is 11.9. The molecule has 0 saturated heterocycles. The normalized spacial score (nSPS) is 12.0. The molecule has 3 N–H and O–H groups in total. The molecule has 120 valence electrons. The summed E-state index contributed by atoms with van der Waals surface area (Å²) in [7, 11) is -3.09. The van der Waals surface area contributed by atoms with Crippen LogP contribution in [0.4, 0.5) is 0 Å². The Kier molecular flexibility index (Phi) is 9.60. The van der Waals surface area contributed by atoms with Crippen molar-refractivity contribution in [1.82, 2.24) is 5.32 Å². The maximum Gasteiger partial charge on any atom is 0.188 e. The number of aliphatic imine (C=N–C) groups is 1. The van der Waals surface area contributed by atoms with E-state index in [9.17, 15) is 8.42 Å². The Hall–Kier alpha value is -0.830. The summed E-state index contributed by atoms with van der Waals surface area (Å²) in [6, 6.07) is 9.41. The van der Waals surface area contributed by atoms with Crippen LogP contribution in [0.2, 0.25) is 0 Å². The second kappa shape index (κ2) is 9.99. The van der Waals surface area contributed by atoms with E-state index >= 15 is 0 Å². The van der Waals surface area contributed by atoms with Crippen LogP contribution in [0.25, 0.3) is 0 Å². The first kappa shape index (κ1) is 20.2. The zero-order chi connectivity index (χ0) is 15.0. The van der Waals surface area contributed by atoms with E-state index in [0.29, 0.717) is 18.9 Å². The van der Waals surface area contributed by atoms with Crippen LogP contribution in [0.5, 0.6) is 0 Å². The summed E-state index contributed by atoms with van der Waals surface area (Å²) in [6.45, 7) is 4.35. The topological polar surface area (TPSA) is 84.5 Å². The van der Waals surface area contributed by atoms with E-state index in [-0.39, 0.29) is 41.5 Å². The van der Waals surface area contributed by atoms with Crippen LogP contribution in [-0.4, -0.2) is 32.7 Å². The van der Waals surface area contributed by atoms with Crippen LogP contribution in [0.15, 0.2) is 35.3 Å². The van der Waals surface area contributed by atoms with Gasteiger partial charge in [-0.05, 0) is 25.8 Å². The molecule has 0 saturated carbocycles. The Morgan fingerprint density at radius 2 is 1.90 bits per heavy atom. The van der Waals surface area contributed by atoms with Gasteiger partial charge >= 0.3 is 0 Å². The van der Waals surface area contributed by atoms with E-state index in [1.165, 1.54) is 0 Å². The lowest BCUT2D eigenvalue weighted by molar-refractivity contribution is 0.592. The standard InChI is InChI=1S/C14H23N3O2S.HI/c1-12(2)17-14(15)16-9-6-10-20(18,19)11-13-7-4-3-5-8-13;/h3-5,7-8,12H,6,9-11H2,1-2H3,(H3,15,16,17);1H. The van der Waals surface area contributed by atoms with Crippen LogP contribution in [0.1, 0.15) is 25.8 Å². The quantitative estimate of drug-likeness (QED) is 0.303. The van der Waals surface area contributed by atoms with Gasteiger partial charge < -0.3 is 11.1 Å². The summed E-state index contributed by atoms with van der Waals surface area (Å²) in [5, 5.41) is 2.96. The number of halogens is 1. The molecule has 0 aliphatic rings. The second-order valence-corrected chi connectivity index (χ2v) is 7.18. The van der Waals surface area contributed by atoms with Gasteiger partial charge in [-0.1, -0.05) is 30.3 Å². The van der Waals surface area contributed by atoms with Gasteiger partial charge in [0.2, 0.25) is 0 Å². The first-order chi connectivity index (χ1) is 9.39. The number of nitrogens with two attached hydrogens (primary N) is 1. The van der Waals surface area contributed by atoms with Crippen molar-refractivity contribution < 1.29 is 8.42 Å². The van der Waals surface area contributed by atoms with Crippen LogP contribution >= 0.6 is 24.0 Å². The SMILES string of the molecule is CC(C)NC(N)=NCCCS(=O)(=O)Cc1ccccc1.I. The lowest BCUT2D eigenvalue weighted by Crippen LogP contribution is -2.36. The molecule has 0 aromatic heterocycles. The number of hydrogen-bond acceptors (Lipinski definition) is 3. The molecule has 1 rings (SSSR count). The molecule has 0 fully saturated rings. The summed E-state index contributed by atoms with van der Waals surface area (Å²) in [6.07, 6.45) is 0.482. The third-order valence-corrected chi connectivity index (χ3v) is 4.25. The van der Waals surface area contributed by atoms with Gasteiger partial charge in [-0.25, -0.2) is 8.42 Å². The summed E-state index contributed by atoms with van der Waals surface area (Å²) >= 11 is 0. The molecule has 0 bridgehead atoms. The third-order valence-electron chi connectivity index (χ3n) is 2.56. The minimum Gasteiger partial charge on any atom is -0.370 e. The molecule has 0 radical (unpaired) electrons. The number of nitrogens with zero attached hydrogens (tertiary/aromatic N) is 1. The van der Waals surface area contributed by atoms with Crippen molar-refractivity contribution in [1.29, 1.82) is 0 Å². The zero-order valence-corrected chi connectivity index (χ0v) is 15.6. The second-order valence-electron chi connectivity index (χ2n) is 5.00. The Morgan fingerprint density at radius 1 is 1.29 bits per heavy atom. The Labute approximate surface area is 144 Å². The fourth-order valence-corrected chi connectivity index (χ4v) is 3.14. The molecule has 0 amide bonds. The number of hydrogen-bond donors (Lipinski definition) is 2. The van der Waals surface area contributed by atoms with Crippen LogP contribution in [0, 0.1) is 0 Å². The van der Waals surface area contributed by atoms with E-state index in [0.717, 1.165) is 5.56 Å². The predicted molar refractivity (Wildman–Crippen MR) is 98.7 cm³/mol. The molecule has 0 atom stereocenters. The Balaban J connectivity index is 0.00000400. The average Bonchev–Trinajstić information content (AvgIpc) is 2.34. The first-order valence-corrected chi connectivity index (χ1v) is 8.52. The van der Waals surface area contributed by atoms with Crippen molar-refractivity contribution in [3.8, 4) is 0 Å².